The Balaban J connectivity index is 0.000000120. The van der Waals surface area contributed by atoms with Crippen molar-refractivity contribution in [3.05, 3.63) is 311 Å². The molecule has 148 heavy (non-hydrogen) atoms. The minimum atomic E-state index is -0.231. The molecule has 762 valence electrons. The maximum Gasteiger partial charge on any atom is 0.276 e. The summed E-state index contributed by atoms with van der Waals surface area (Å²) in [4.78, 5) is 90.1. The Morgan fingerprint density at radius 1 is 0.250 bits per heavy atom. The molecular weight excluding hydrogens is 1850 g/mol. The van der Waals surface area contributed by atoms with Crippen molar-refractivity contribution in [2.45, 2.75) is 162 Å². The summed E-state index contributed by atoms with van der Waals surface area (Å²) in [5.74, 6) is -0.890. The van der Waals surface area contributed by atoms with Gasteiger partial charge in [-0.2, -0.15) is 20.4 Å². The van der Waals surface area contributed by atoms with Gasteiger partial charge in [-0.25, -0.2) is 0 Å². The van der Waals surface area contributed by atoms with Gasteiger partial charge in [-0.15, -0.1) is 0 Å². The maximum atomic E-state index is 13.2. The van der Waals surface area contributed by atoms with Crippen molar-refractivity contribution >= 4 is 90.0 Å². The maximum absolute atomic E-state index is 13.2. The number of nitrogens with zero attached hydrogens (tertiary/aromatic N) is 16. The Bertz CT molecular complexity index is 6920. The van der Waals surface area contributed by atoms with Crippen LogP contribution in [0.5, 0.6) is 0 Å². The number of likely N-dealkylation sites (tertiary alicyclic amines) is 6. The third-order valence-corrected chi connectivity index (χ3v) is 29.4. The molecule has 0 bridgehead atoms. The van der Waals surface area contributed by atoms with E-state index in [0.29, 0.717) is 22.8 Å². The van der Waals surface area contributed by atoms with Crippen LogP contribution in [-0.4, -0.2) is 242 Å². The summed E-state index contributed by atoms with van der Waals surface area (Å²) in [6.45, 7) is 24.8. The monoisotopic (exact) mass is 1980 g/mol. The lowest BCUT2D eigenvalue weighted by Gasteiger charge is -2.26. The molecule has 7 aliphatic heterocycles. The molecule has 0 atom stereocenters. The Hall–Kier alpha value is -14.2. The number of carbonyl (C=O) groups excluding carboxylic acids is 4. The van der Waals surface area contributed by atoms with Crippen molar-refractivity contribution in [1.29, 1.82) is 0 Å². The lowest BCUT2D eigenvalue weighted by molar-refractivity contribution is 0.0342. The number of pyridine rings is 4. The van der Waals surface area contributed by atoms with Crippen LogP contribution in [-0.2, 0) is 57.1 Å². The molecule has 0 saturated carbocycles. The van der Waals surface area contributed by atoms with Crippen LogP contribution in [0, 0.1) is 0 Å². The van der Waals surface area contributed by atoms with Crippen LogP contribution >= 0.6 is 0 Å². The van der Waals surface area contributed by atoms with E-state index in [1.165, 1.54) is 180 Å². The molecule has 7 fully saturated rings. The van der Waals surface area contributed by atoms with E-state index < -0.39 is 0 Å². The molecule has 15 heterocycles. The Labute approximate surface area is 865 Å². The average Bonchev–Trinajstić information content (AvgIpc) is 1.64. The molecule has 0 unspecified atom stereocenters. The first kappa shape index (κ1) is 101. The summed E-state index contributed by atoms with van der Waals surface area (Å²) in [7, 11) is 4.07. The van der Waals surface area contributed by atoms with Crippen LogP contribution in [0.3, 0.4) is 0 Å². The van der Waals surface area contributed by atoms with Gasteiger partial charge in [0, 0.05) is 182 Å². The molecular formula is C119H136N24O5. The summed E-state index contributed by atoms with van der Waals surface area (Å²) in [5.41, 5.74) is 26.1. The second-order valence-electron chi connectivity index (χ2n) is 41.1. The smallest absolute Gasteiger partial charge is 0.276 e. The predicted octanol–water partition coefficient (Wildman–Crippen LogP) is 20.9. The largest absolute Gasteiger partial charge is 0.379 e. The topological polar surface area (TPSA) is 318 Å². The molecule has 8 aromatic heterocycles. The fourth-order valence-corrected chi connectivity index (χ4v) is 21.4. The summed E-state index contributed by atoms with van der Waals surface area (Å²) in [6, 6.07) is 65.4. The van der Waals surface area contributed by atoms with Gasteiger partial charge in [-0.3, -0.25) is 93.8 Å². The molecule has 23 rings (SSSR count). The van der Waals surface area contributed by atoms with Gasteiger partial charge < -0.3 is 30.9 Å². The molecule has 4 amide bonds. The Kier molecular flexibility index (Phi) is 33.8. The van der Waals surface area contributed by atoms with Crippen LogP contribution in [0.1, 0.15) is 196 Å². The first-order valence-corrected chi connectivity index (χ1v) is 53.3. The van der Waals surface area contributed by atoms with E-state index in [-0.39, 0.29) is 23.6 Å². The van der Waals surface area contributed by atoms with Crippen molar-refractivity contribution in [2.24, 2.45) is 0 Å². The van der Waals surface area contributed by atoms with Crippen LogP contribution < -0.4 is 21.3 Å². The molecule has 29 heteroatoms. The Morgan fingerprint density at radius 3 is 0.703 bits per heavy atom. The standard InChI is InChI=1S/C31H36N6O.C30H34N6O2.C30H34N6O.C28H32N6O/c38-31(33-27-10-7-23(8-11-27)21-36-13-3-1-4-14-36)30-28-18-25(9-12-29(28)34-35-30)26-17-24(19-32-20-26)22-37-15-5-2-6-16-37;37-30(32-26-7-4-22(5-8-26)20-36-12-14-38-15-13-36)29-27-17-24(6-9-28(27)33-34-29)25-16-23(18-31-19-25)21-35-10-2-1-3-11-35;37-30(32-26-9-6-22(7-10-26)20-35-14-4-5-15-35)29-27-17-24(8-11-28(27)33-34-29)25-16-23(18-31-19-25)21-36-12-2-1-3-13-36;1-33(2)18-20-6-9-24(10-7-20)30-28(35)27-25-15-22(8-11-26(25)31-32-27)23-14-21(16-29-17-23)19-34-12-4-3-5-13-34/h7-12,17-20H,1-6,13-16,21-22H2,(H,33,38)(H,34,35);4-9,16-19H,1-3,10-15,20-21H2,(H,32,37)(H,33,34);6-11,16-19H,1-5,12-15,20-21H2,(H,32,37)(H,33,34);6-11,14-17H,3-5,12-13,18-19H2,1-2H3,(H,30,35)(H,31,32). The number of hydrogen-bond acceptors (Lipinski definition) is 21. The van der Waals surface area contributed by atoms with Crippen LogP contribution in [0.25, 0.3) is 88.1 Å². The first-order valence-electron chi connectivity index (χ1n) is 53.3. The number of aromatic nitrogens is 12. The number of carbonyl (C=O) groups is 4. The van der Waals surface area contributed by atoms with Crippen molar-refractivity contribution in [2.75, 3.05) is 140 Å². The van der Waals surface area contributed by atoms with E-state index in [1.54, 1.807) is 0 Å². The summed E-state index contributed by atoms with van der Waals surface area (Å²) >= 11 is 0. The number of ether oxygens (including phenoxy) is 1. The number of aromatic amines is 4. The molecule has 0 radical (unpaired) electrons. The Morgan fingerprint density at radius 2 is 0.466 bits per heavy atom. The van der Waals surface area contributed by atoms with E-state index in [4.69, 9.17) is 4.74 Å². The molecule has 7 saturated heterocycles. The fraction of sp³-hybridized carbons (Fsp3) is 0.361. The number of H-pyrrole nitrogens is 4. The van der Waals surface area contributed by atoms with Crippen molar-refractivity contribution < 1.29 is 23.9 Å². The number of morpholine rings is 1. The van der Waals surface area contributed by atoms with Gasteiger partial charge in [-0.05, 0) is 358 Å². The van der Waals surface area contributed by atoms with Crippen molar-refractivity contribution in [3.8, 4) is 44.5 Å². The highest BCUT2D eigenvalue weighted by molar-refractivity contribution is 6.15. The number of hydrogen-bond donors (Lipinski definition) is 8. The SMILES string of the molecule is CN(C)Cc1ccc(NC(=O)c2n[nH]c3ccc(-c4cncc(CN5CCCCC5)c4)cc23)cc1.O=C(Nc1ccc(CN2CCCC2)cc1)c1n[nH]c2ccc(-c3cncc(CN4CCCCC4)c3)cc12.O=C(Nc1ccc(CN2CCCCC2)cc1)c1n[nH]c2ccc(-c3cncc(CN4CCCCC4)c3)cc12.O=C(Nc1ccc(CN2CCOCC2)cc1)c1n[nH]c2ccc(-c3cncc(CN4CCCCC4)c3)cc12. The zero-order chi connectivity index (χ0) is 101. The number of fused-ring (bicyclic) bond motifs is 4. The fourth-order valence-electron chi connectivity index (χ4n) is 21.4. The van der Waals surface area contributed by atoms with Gasteiger partial charge in [0.25, 0.3) is 23.6 Å². The molecule has 0 spiro atoms. The van der Waals surface area contributed by atoms with Gasteiger partial charge >= 0.3 is 0 Å². The number of anilines is 4. The second kappa shape index (κ2) is 49.5. The van der Waals surface area contributed by atoms with E-state index in [9.17, 15) is 19.2 Å². The zero-order valence-corrected chi connectivity index (χ0v) is 85.3. The number of amides is 4. The quantitative estimate of drug-likeness (QED) is 0.0226. The lowest BCUT2D eigenvalue weighted by Crippen LogP contribution is -2.35. The molecule has 7 aliphatic rings. The molecule has 0 aliphatic carbocycles. The van der Waals surface area contributed by atoms with Gasteiger partial charge in [0.2, 0.25) is 0 Å². The lowest BCUT2D eigenvalue weighted by atomic mass is 10.0. The van der Waals surface area contributed by atoms with E-state index in [0.717, 1.165) is 242 Å². The summed E-state index contributed by atoms with van der Waals surface area (Å²) < 4.78 is 5.43. The van der Waals surface area contributed by atoms with Gasteiger partial charge in [0.15, 0.2) is 22.8 Å². The van der Waals surface area contributed by atoms with E-state index in [1.807, 2.05) is 179 Å². The van der Waals surface area contributed by atoms with E-state index in [2.05, 4.69) is 200 Å². The van der Waals surface area contributed by atoms with Gasteiger partial charge in [0.05, 0.1) is 35.3 Å². The summed E-state index contributed by atoms with van der Waals surface area (Å²) in [5, 5.41) is 44.6. The average molecular weight is 1980 g/mol. The number of nitrogens with one attached hydrogen (secondary N) is 8. The third kappa shape index (κ3) is 27.0. The second-order valence-corrected chi connectivity index (χ2v) is 41.1. The highest BCUT2D eigenvalue weighted by atomic mass is 16.5. The molecule has 16 aromatic rings. The van der Waals surface area contributed by atoms with Crippen LogP contribution in [0.15, 0.2) is 244 Å². The van der Waals surface area contributed by atoms with Gasteiger partial charge in [-0.1, -0.05) is 105 Å². The van der Waals surface area contributed by atoms with Crippen molar-refractivity contribution in [1.82, 2.24) is 99.9 Å². The minimum absolute atomic E-state index is 0.214. The van der Waals surface area contributed by atoms with Crippen LogP contribution in [0.2, 0.25) is 0 Å². The molecule has 8 N–H and O–H groups in total. The third-order valence-electron chi connectivity index (χ3n) is 29.4. The zero-order valence-electron chi connectivity index (χ0n) is 85.3. The number of piperidine rings is 5. The normalized spacial score (nSPS) is 16.4. The van der Waals surface area contributed by atoms with E-state index >= 15 is 0 Å². The number of rotatable bonds is 28. The van der Waals surface area contributed by atoms with Gasteiger partial charge in [0.1, 0.15) is 0 Å². The first-order chi connectivity index (χ1) is 72.7. The molecule has 29 nitrogen and oxygen atoms in total. The molecule has 8 aromatic carbocycles. The van der Waals surface area contributed by atoms with Crippen LogP contribution in [0.4, 0.5) is 22.7 Å². The minimum Gasteiger partial charge on any atom is -0.379 e. The summed E-state index contributed by atoms with van der Waals surface area (Å²) in [6.07, 6.45) is 37.4. The highest BCUT2D eigenvalue weighted by Gasteiger charge is 2.26. The van der Waals surface area contributed by atoms with Crippen molar-refractivity contribution in [3.63, 3.8) is 0 Å². The predicted molar refractivity (Wildman–Crippen MR) is 589 cm³/mol. The highest BCUT2D eigenvalue weighted by Crippen LogP contribution is 2.35. The number of benzene rings is 8.